The molecule has 0 saturated carbocycles. The SMILES string of the molecule is COc1cccc(OC)c1-c1noc(-c2ccc[n+]([O-])c2)n1. The summed E-state index contributed by atoms with van der Waals surface area (Å²) in [7, 11) is 3.10. The number of hydrogen-bond acceptors (Lipinski definition) is 6. The van der Waals surface area contributed by atoms with E-state index in [2.05, 4.69) is 10.1 Å². The topological polar surface area (TPSA) is 84.3 Å². The molecule has 7 nitrogen and oxygen atoms in total. The molecule has 7 heteroatoms. The van der Waals surface area contributed by atoms with E-state index in [1.165, 1.54) is 12.4 Å². The second-order valence-electron chi connectivity index (χ2n) is 4.41. The first-order valence-electron chi connectivity index (χ1n) is 6.47. The summed E-state index contributed by atoms with van der Waals surface area (Å²) in [6.07, 6.45) is 2.74. The van der Waals surface area contributed by atoms with Crippen LogP contribution < -0.4 is 14.2 Å². The van der Waals surface area contributed by atoms with Gasteiger partial charge >= 0.3 is 0 Å². The molecule has 2 heterocycles. The van der Waals surface area contributed by atoms with Crippen molar-refractivity contribution in [2.45, 2.75) is 0 Å². The van der Waals surface area contributed by atoms with Crippen LogP contribution in [0.2, 0.25) is 0 Å². The van der Waals surface area contributed by atoms with Gasteiger partial charge in [-0.25, -0.2) is 0 Å². The highest BCUT2D eigenvalue weighted by Crippen LogP contribution is 2.37. The molecule has 0 fully saturated rings. The van der Waals surface area contributed by atoms with Gasteiger partial charge in [0.05, 0.1) is 14.2 Å². The van der Waals surface area contributed by atoms with E-state index in [0.717, 1.165) is 0 Å². The number of methoxy groups -OCH3 is 2. The van der Waals surface area contributed by atoms with Crippen molar-refractivity contribution in [2.24, 2.45) is 0 Å². The molecule has 3 rings (SSSR count). The third-order valence-electron chi connectivity index (χ3n) is 3.10. The van der Waals surface area contributed by atoms with Gasteiger partial charge in [-0.1, -0.05) is 11.2 Å². The Balaban J connectivity index is 2.08. The van der Waals surface area contributed by atoms with Gasteiger partial charge in [-0.2, -0.15) is 9.71 Å². The number of rotatable bonds is 4. The predicted octanol–water partition coefficient (Wildman–Crippen LogP) is 2.05. The minimum atomic E-state index is 0.244. The van der Waals surface area contributed by atoms with Crippen LogP contribution in [0.25, 0.3) is 22.8 Å². The van der Waals surface area contributed by atoms with Crippen molar-refractivity contribution in [1.82, 2.24) is 10.1 Å². The van der Waals surface area contributed by atoms with Gasteiger partial charge in [0.1, 0.15) is 22.6 Å². The standard InChI is InChI=1S/C15H13N3O4/c1-20-11-6-3-7-12(21-2)13(11)14-16-15(22-17-14)10-5-4-8-18(19)9-10/h3-9H,1-2H3. The molecule has 0 unspecified atom stereocenters. The Bertz CT molecular complexity index is 779. The van der Waals surface area contributed by atoms with Crippen LogP contribution in [-0.2, 0) is 0 Å². The number of nitrogens with zero attached hydrogens (tertiary/aromatic N) is 3. The maximum atomic E-state index is 11.3. The first-order valence-corrected chi connectivity index (χ1v) is 6.47. The molecular weight excluding hydrogens is 286 g/mol. The molecule has 0 bridgehead atoms. The molecule has 0 aliphatic heterocycles. The summed E-state index contributed by atoms with van der Waals surface area (Å²) < 4.78 is 16.5. The van der Waals surface area contributed by atoms with E-state index in [4.69, 9.17) is 14.0 Å². The van der Waals surface area contributed by atoms with Crippen LogP contribution in [-0.4, -0.2) is 24.4 Å². The lowest BCUT2D eigenvalue weighted by atomic mass is 10.1. The molecule has 0 aliphatic rings. The molecule has 0 aliphatic carbocycles. The van der Waals surface area contributed by atoms with Crippen molar-refractivity contribution in [3.63, 3.8) is 0 Å². The Labute approximate surface area is 126 Å². The van der Waals surface area contributed by atoms with Crippen molar-refractivity contribution in [3.8, 4) is 34.3 Å². The number of benzene rings is 1. The van der Waals surface area contributed by atoms with Crippen LogP contribution in [0.15, 0.2) is 47.2 Å². The summed E-state index contributed by atoms with van der Waals surface area (Å²) in [5, 5.41) is 15.3. The van der Waals surface area contributed by atoms with Gasteiger partial charge in [0.25, 0.3) is 5.89 Å². The lowest BCUT2D eigenvalue weighted by molar-refractivity contribution is -0.604. The largest absolute Gasteiger partial charge is 0.619 e. The highest BCUT2D eigenvalue weighted by molar-refractivity contribution is 5.72. The van der Waals surface area contributed by atoms with Crippen LogP contribution in [0.4, 0.5) is 0 Å². The van der Waals surface area contributed by atoms with E-state index in [9.17, 15) is 5.21 Å². The Morgan fingerprint density at radius 3 is 2.45 bits per heavy atom. The highest BCUT2D eigenvalue weighted by atomic mass is 16.5. The zero-order valence-electron chi connectivity index (χ0n) is 12.0. The summed E-state index contributed by atoms with van der Waals surface area (Å²) in [6, 6.07) is 8.69. The van der Waals surface area contributed by atoms with E-state index >= 15 is 0 Å². The normalized spacial score (nSPS) is 10.5. The Morgan fingerprint density at radius 2 is 1.82 bits per heavy atom. The van der Waals surface area contributed by atoms with Gasteiger partial charge < -0.3 is 19.2 Å². The van der Waals surface area contributed by atoms with Crippen LogP contribution in [0.5, 0.6) is 11.5 Å². The van der Waals surface area contributed by atoms with Crippen molar-refractivity contribution in [1.29, 1.82) is 0 Å². The maximum Gasteiger partial charge on any atom is 0.264 e. The molecule has 0 saturated heterocycles. The van der Waals surface area contributed by atoms with Crippen LogP contribution in [0.1, 0.15) is 0 Å². The number of hydrogen-bond donors (Lipinski definition) is 0. The average Bonchev–Trinajstić information content (AvgIpc) is 3.03. The maximum absolute atomic E-state index is 11.3. The first-order chi connectivity index (χ1) is 10.7. The lowest BCUT2D eigenvalue weighted by Crippen LogP contribution is -2.23. The molecule has 0 amide bonds. The van der Waals surface area contributed by atoms with Crippen LogP contribution in [0, 0.1) is 5.21 Å². The predicted molar refractivity (Wildman–Crippen MR) is 77.2 cm³/mol. The smallest absolute Gasteiger partial charge is 0.264 e. The summed E-state index contributed by atoms with van der Waals surface area (Å²) in [5.41, 5.74) is 1.12. The summed E-state index contributed by atoms with van der Waals surface area (Å²) >= 11 is 0. The fourth-order valence-corrected chi connectivity index (χ4v) is 2.10. The summed E-state index contributed by atoms with van der Waals surface area (Å²) in [5.74, 6) is 1.70. The minimum absolute atomic E-state index is 0.244. The quantitative estimate of drug-likeness (QED) is 0.541. The average molecular weight is 299 g/mol. The van der Waals surface area contributed by atoms with Crippen LogP contribution in [0.3, 0.4) is 0 Å². The van der Waals surface area contributed by atoms with E-state index in [1.807, 2.05) is 0 Å². The molecule has 22 heavy (non-hydrogen) atoms. The minimum Gasteiger partial charge on any atom is -0.619 e. The zero-order valence-corrected chi connectivity index (χ0v) is 12.0. The molecule has 0 spiro atoms. The van der Waals surface area contributed by atoms with Gasteiger partial charge in [0.2, 0.25) is 5.82 Å². The Kier molecular flexibility index (Phi) is 3.61. The molecule has 0 N–H and O–H groups in total. The van der Waals surface area contributed by atoms with E-state index in [1.54, 1.807) is 44.6 Å². The monoisotopic (exact) mass is 299 g/mol. The second-order valence-corrected chi connectivity index (χ2v) is 4.41. The third-order valence-corrected chi connectivity index (χ3v) is 3.10. The molecule has 3 aromatic rings. The summed E-state index contributed by atoms with van der Waals surface area (Å²) in [6.45, 7) is 0. The third kappa shape index (κ3) is 2.44. The molecule has 0 atom stereocenters. The van der Waals surface area contributed by atoms with Crippen molar-refractivity contribution in [3.05, 3.63) is 47.9 Å². The zero-order chi connectivity index (χ0) is 15.5. The van der Waals surface area contributed by atoms with Gasteiger partial charge in [0.15, 0.2) is 12.4 Å². The van der Waals surface area contributed by atoms with Gasteiger partial charge in [-0.15, -0.1) is 0 Å². The number of aromatic nitrogens is 3. The first kappa shape index (κ1) is 13.9. The Morgan fingerprint density at radius 1 is 1.09 bits per heavy atom. The van der Waals surface area contributed by atoms with Crippen molar-refractivity contribution < 1.29 is 18.7 Å². The van der Waals surface area contributed by atoms with E-state index < -0.39 is 0 Å². The summed E-state index contributed by atoms with van der Waals surface area (Å²) in [4.78, 5) is 4.32. The van der Waals surface area contributed by atoms with Gasteiger partial charge in [-0.05, 0) is 18.2 Å². The molecule has 0 radical (unpaired) electrons. The Hall–Kier alpha value is -3.09. The molecular formula is C15H13N3O4. The van der Waals surface area contributed by atoms with Crippen LogP contribution >= 0.6 is 0 Å². The lowest BCUT2D eigenvalue weighted by Gasteiger charge is -2.09. The van der Waals surface area contributed by atoms with Crippen molar-refractivity contribution in [2.75, 3.05) is 14.2 Å². The molecule has 112 valence electrons. The van der Waals surface area contributed by atoms with E-state index in [0.29, 0.717) is 33.2 Å². The van der Waals surface area contributed by atoms with Crippen molar-refractivity contribution >= 4 is 0 Å². The van der Waals surface area contributed by atoms with Gasteiger partial charge in [0, 0.05) is 6.07 Å². The number of ether oxygens (including phenoxy) is 2. The fourth-order valence-electron chi connectivity index (χ4n) is 2.10. The number of pyridine rings is 1. The molecule has 1 aromatic carbocycles. The fraction of sp³-hybridized carbons (Fsp3) is 0.133. The highest BCUT2D eigenvalue weighted by Gasteiger charge is 2.19. The van der Waals surface area contributed by atoms with E-state index in [-0.39, 0.29) is 5.89 Å². The molecule has 2 aromatic heterocycles. The van der Waals surface area contributed by atoms with Gasteiger partial charge in [-0.3, -0.25) is 0 Å². The second kappa shape index (κ2) is 5.72.